The predicted molar refractivity (Wildman–Crippen MR) is 76.2 cm³/mol. The Morgan fingerprint density at radius 3 is 2.26 bits per heavy atom. The fraction of sp³-hybridized carbons (Fsp3) is 0.571. The minimum absolute atomic E-state index is 0.0459. The zero-order valence-electron chi connectivity index (χ0n) is 11.7. The van der Waals surface area contributed by atoms with Crippen LogP contribution in [-0.4, -0.2) is 17.6 Å². The molecule has 1 aromatic carbocycles. The minimum atomic E-state index is -3.07. The van der Waals surface area contributed by atoms with Gasteiger partial charge >= 0.3 is 5.92 Å². The third-order valence-electron chi connectivity index (χ3n) is 2.29. The molecule has 0 fully saturated rings. The van der Waals surface area contributed by atoms with E-state index in [4.69, 9.17) is 4.74 Å². The molecule has 0 heterocycles. The van der Waals surface area contributed by atoms with Crippen LogP contribution < -0.4 is 4.72 Å². The van der Waals surface area contributed by atoms with Crippen molar-refractivity contribution in [3.8, 4) is 0 Å². The van der Waals surface area contributed by atoms with E-state index in [2.05, 4.69) is 4.72 Å². The molecular weight excluding hydrogens is 268 g/mol. The van der Waals surface area contributed by atoms with E-state index in [9.17, 15) is 8.78 Å². The molecule has 0 amide bonds. The van der Waals surface area contributed by atoms with Crippen LogP contribution in [0.2, 0.25) is 0 Å². The van der Waals surface area contributed by atoms with Gasteiger partial charge in [-0.3, -0.25) is 0 Å². The summed E-state index contributed by atoms with van der Waals surface area (Å²) in [6.07, 6.45) is -1.34. The highest BCUT2D eigenvalue weighted by Gasteiger charge is 2.42. The molecule has 0 aliphatic rings. The molecule has 0 radical (unpaired) electrons. The van der Waals surface area contributed by atoms with Crippen LogP contribution >= 0.6 is 11.9 Å². The normalized spacial score (nSPS) is 14.4. The van der Waals surface area contributed by atoms with E-state index >= 15 is 0 Å². The molecule has 0 spiro atoms. The Hall–Kier alpha value is -0.650. The second kappa shape index (κ2) is 6.68. The zero-order chi connectivity index (χ0) is 14.5. The summed E-state index contributed by atoms with van der Waals surface area (Å²) in [6, 6.07) is 7.74. The van der Waals surface area contributed by atoms with Crippen molar-refractivity contribution in [1.82, 2.24) is 4.72 Å². The van der Waals surface area contributed by atoms with Gasteiger partial charge in [-0.2, -0.15) is 8.78 Å². The number of alkyl halides is 2. The van der Waals surface area contributed by atoms with Crippen LogP contribution in [0.25, 0.3) is 0 Å². The standard InChI is InChI=1S/C14H21F2NOS/c1-5-18-12(17-19-13(2,3)4)14(15,16)11-9-7-6-8-10-11/h6-10,12,17H,5H2,1-4H3. The first-order valence-electron chi connectivity index (χ1n) is 6.26. The maximum absolute atomic E-state index is 14.4. The summed E-state index contributed by atoms with van der Waals surface area (Å²) < 4.78 is 36.5. The fourth-order valence-corrected chi connectivity index (χ4v) is 2.10. The number of hydrogen-bond donors (Lipinski definition) is 1. The molecule has 108 valence electrons. The molecule has 1 atom stereocenters. The lowest BCUT2D eigenvalue weighted by Crippen LogP contribution is -2.43. The number of hydrogen-bond acceptors (Lipinski definition) is 3. The predicted octanol–water partition coefficient (Wildman–Crippen LogP) is 4.18. The Balaban J connectivity index is 2.85. The van der Waals surface area contributed by atoms with Crippen LogP contribution in [0.3, 0.4) is 0 Å². The van der Waals surface area contributed by atoms with Crippen molar-refractivity contribution in [2.24, 2.45) is 0 Å². The van der Waals surface area contributed by atoms with Crippen molar-refractivity contribution in [3.05, 3.63) is 35.9 Å². The first-order valence-corrected chi connectivity index (χ1v) is 7.07. The molecule has 5 heteroatoms. The summed E-state index contributed by atoms with van der Waals surface area (Å²) in [6.45, 7) is 7.79. The molecule has 0 saturated heterocycles. The van der Waals surface area contributed by atoms with Crippen LogP contribution in [0.15, 0.2) is 30.3 Å². The minimum Gasteiger partial charge on any atom is -0.356 e. The highest BCUT2D eigenvalue weighted by molar-refractivity contribution is 7.98. The van der Waals surface area contributed by atoms with Gasteiger partial charge in [0.2, 0.25) is 0 Å². The van der Waals surface area contributed by atoms with E-state index in [-0.39, 0.29) is 16.9 Å². The lowest BCUT2D eigenvalue weighted by molar-refractivity contribution is -0.145. The second-order valence-electron chi connectivity index (χ2n) is 5.16. The molecule has 1 aromatic rings. The first-order chi connectivity index (χ1) is 8.77. The van der Waals surface area contributed by atoms with E-state index in [1.165, 1.54) is 24.1 Å². The maximum atomic E-state index is 14.4. The summed E-state index contributed by atoms with van der Waals surface area (Å²) >= 11 is 1.25. The molecule has 0 aromatic heterocycles. The maximum Gasteiger partial charge on any atom is 0.312 e. The van der Waals surface area contributed by atoms with Crippen molar-refractivity contribution in [3.63, 3.8) is 0 Å². The number of benzene rings is 1. The van der Waals surface area contributed by atoms with Gasteiger partial charge in [-0.05, 0) is 27.7 Å². The molecule has 19 heavy (non-hydrogen) atoms. The summed E-state index contributed by atoms with van der Waals surface area (Å²) in [7, 11) is 0. The van der Waals surface area contributed by atoms with E-state index < -0.39 is 12.2 Å². The highest BCUT2D eigenvalue weighted by atomic mass is 32.2. The Bertz CT molecular complexity index is 379. The molecule has 2 nitrogen and oxygen atoms in total. The van der Waals surface area contributed by atoms with Crippen LogP contribution in [0.4, 0.5) is 8.78 Å². The van der Waals surface area contributed by atoms with Gasteiger partial charge in [0.1, 0.15) is 0 Å². The van der Waals surface area contributed by atoms with Crippen molar-refractivity contribution < 1.29 is 13.5 Å². The van der Waals surface area contributed by atoms with Gasteiger partial charge < -0.3 is 4.74 Å². The lowest BCUT2D eigenvalue weighted by Gasteiger charge is -2.30. The van der Waals surface area contributed by atoms with Gasteiger partial charge in [-0.1, -0.05) is 42.3 Å². The average Bonchev–Trinajstić information content (AvgIpc) is 2.34. The second-order valence-corrected chi connectivity index (χ2v) is 6.82. The SMILES string of the molecule is CCOC(NSC(C)(C)C)C(F)(F)c1ccccc1. The smallest absolute Gasteiger partial charge is 0.312 e. The molecule has 0 aliphatic heterocycles. The summed E-state index contributed by atoms with van der Waals surface area (Å²) in [5, 5.41) is 0. The zero-order valence-corrected chi connectivity index (χ0v) is 12.6. The van der Waals surface area contributed by atoms with Gasteiger partial charge in [0.15, 0.2) is 6.23 Å². The highest BCUT2D eigenvalue weighted by Crippen LogP contribution is 2.34. The van der Waals surface area contributed by atoms with Gasteiger partial charge in [0.25, 0.3) is 0 Å². The molecular formula is C14H21F2NOS. The van der Waals surface area contributed by atoms with Crippen LogP contribution in [0, 0.1) is 0 Å². The van der Waals surface area contributed by atoms with E-state index in [1.807, 2.05) is 20.8 Å². The first kappa shape index (κ1) is 16.4. The Morgan fingerprint density at radius 2 is 1.79 bits per heavy atom. The number of rotatable bonds is 6. The molecule has 1 rings (SSSR count). The van der Waals surface area contributed by atoms with Gasteiger partial charge in [-0.25, -0.2) is 4.72 Å². The van der Waals surface area contributed by atoms with Gasteiger partial charge in [0.05, 0.1) is 0 Å². The van der Waals surface area contributed by atoms with Crippen LogP contribution in [0.1, 0.15) is 33.3 Å². The molecule has 0 bridgehead atoms. The largest absolute Gasteiger partial charge is 0.356 e. The number of halogens is 2. The summed E-state index contributed by atoms with van der Waals surface area (Å²) in [5.41, 5.74) is -0.0459. The van der Waals surface area contributed by atoms with Gasteiger partial charge in [-0.15, -0.1) is 0 Å². The third-order valence-corrected chi connectivity index (χ3v) is 3.24. The number of nitrogens with one attached hydrogen (secondary N) is 1. The fourth-order valence-electron chi connectivity index (χ4n) is 1.42. The Morgan fingerprint density at radius 1 is 1.21 bits per heavy atom. The Labute approximate surface area is 118 Å². The lowest BCUT2D eigenvalue weighted by atomic mass is 10.1. The third kappa shape index (κ3) is 5.09. The van der Waals surface area contributed by atoms with Crippen LogP contribution in [-0.2, 0) is 10.7 Å². The summed E-state index contributed by atoms with van der Waals surface area (Å²) in [5.74, 6) is -3.07. The molecule has 0 aliphatic carbocycles. The van der Waals surface area contributed by atoms with Gasteiger partial charge in [0, 0.05) is 16.9 Å². The Kier molecular flexibility index (Phi) is 5.77. The average molecular weight is 289 g/mol. The molecule has 1 N–H and O–H groups in total. The quantitative estimate of drug-likeness (QED) is 0.627. The van der Waals surface area contributed by atoms with Crippen molar-refractivity contribution in [2.45, 2.75) is 44.6 Å². The van der Waals surface area contributed by atoms with Crippen molar-refractivity contribution in [2.75, 3.05) is 6.61 Å². The molecule has 1 unspecified atom stereocenters. The molecule has 0 saturated carbocycles. The van der Waals surface area contributed by atoms with Crippen molar-refractivity contribution in [1.29, 1.82) is 0 Å². The topological polar surface area (TPSA) is 21.3 Å². The van der Waals surface area contributed by atoms with Crippen LogP contribution in [0.5, 0.6) is 0 Å². The summed E-state index contributed by atoms with van der Waals surface area (Å²) in [4.78, 5) is 0. The van der Waals surface area contributed by atoms with Crippen molar-refractivity contribution >= 4 is 11.9 Å². The van der Waals surface area contributed by atoms with E-state index in [1.54, 1.807) is 25.1 Å². The van der Waals surface area contributed by atoms with E-state index in [0.29, 0.717) is 0 Å². The number of ether oxygens (including phenoxy) is 1. The monoisotopic (exact) mass is 289 g/mol. The van der Waals surface area contributed by atoms with E-state index in [0.717, 1.165) is 0 Å².